The van der Waals surface area contributed by atoms with E-state index < -0.39 is 0 Å². The van der Waals surface area contributed by atoms with E-state index >= 15 is 0 Å². The summed E-state index contributed by atoms with van der Waals surface area (Å²) in [6.07, 6.45) is 0.986. The van der Waals surface area contributed by atoms with Gasteiger partial charge in [0, 0.05) is 0 Å². The Bertz CT molecular complexity index is 721. The van der Waals surface area contributed by atoms with Crippen molar-refractivity contribution in [3.63, 3.8) is 0 Å². The van der Waals surface area contributed by atoms with E-state index in [1.165, 1.54) is 33.4 Å². The lowest BCUT2D eigenvalue weighted by Crippen LogP contribution is -2.18. The molecule has 0 spiro atoms. The van der Waals surface area contributed by atoms with Gasteiger partial charge in [-0.15, -0.1) is 0 Å². The molecule has 0 radical (unpaired) electrons. The maximum Gasteiger partial charge on any atom is 0.187 e. The molecule has 30 heavy (non-hydrogen) atoms. The molecule has 0 aliphatic rings. The molecule has 0 N–H and O–H groups in total. The maximum atomic E-state index is 2.43. The normalized spacial score (nSPS) is 13.2. The molecule has 1 heteroatoms. The van der Waals surface area contributed by atoms with E-state index in [-0.39, 0.29) is 39.0 Å². The molecule has 0 bridgehead atoms. The highest BCUT2D eigenvalue weighted by Gasteiger charge is 2.23. The summed E-state index contributed by atoms with van der Waals surface area (Å²) in [5, 5.41) is 0. The third kappa shape index (κ3) is 7.00. The molecule has 2 rings (SSSR count). The van der Waals surface area contributed by atoms with Crippen LogP contribution in [-0.4, -0.2) is 17.4 Å². The van der Waals surface area contributed by atoms with Crippen LogP contribution in [0.1, 0.15) is 116 Å². The van der Waals surface area contributed by atoms with E-state index in [0.29, 0.717) is 0 Å². The largest absolute Gasteiger partial charge is 0.187 e. The molecular formula is C29H47Al. The van der Waals surface area contributed by atoms with Gasteiger partial charge in [-0.1, -0.05) is 119 Å². The topological polar surface area (TPSA) is 0 Å². The summed E-state index contributed by atoms with van der Waals surface area (Å²) in [5.41, 5.74) is 9.19. The van der Waals surface area contributed by atoms with Crippen LogP contribution in [0.25, 0.3) is 0 Å². The second kappa shape index (κ2) is 8.84. The van der Waals surface area contributed by atoms with Gasteiger partial charge < -0.3 is 0 Å². The predicted molar refractivity (Wildman–Crippen MR) is 140 cm³/mol. The van der Waals surface area contributed by atoms with Crippen LogP contribution in [0.5, 0.6) is 0 Å². The van der Waals surface area contributed by atoms with Gasteiger partial charge in [0.1, 0.15) is 0 Å². The Morgan fingerprint density at radius 3 is 0.767 bits per heavy atom. The van der Waals surface area contributed by atoms with Gasteiger partial charge in [0.2, 0.25) is 0 Å². The summed E-state index contributed by atoms with van der Waals surface area (Å²) in [6, 6.07) is 14.5. The van der Waals surface area contributed by atoms with E-state index in [9.17, 15) is 0 Å². The highest BCUT2D eigenvalue weighted by Crippen LogP contribution is 2.33. The van der Waals surface area contributed by atoms with Crippen LogP contribution in [0.4, 0.5) is 0 Å². The fourth-order valence-corrected chi connectivity index (χ4v) is 3.56. The van der Waals surface area contributed by atoms with Crippen molar-refractivity contribution in [1.29, 1.82) is 0 Å². The molecule has 0 aliphatic carbocycles. The Hall–Kier alpha value is -1.03. The van der Waals surface area contributed by atoms with E-state index in [2.05, 4.69) is 119 Å². The molecular weight excluding hydrogens is 375 g/mol. The number of benzene rings is 2. The van der Waals surface area contributed by atoms with Crippen molar-refractivity contribution in [2.75, 3.05) is 0 Å². The Kier molecular flexibility index (Phi) is 7.96. The van der Waals surface area contributed by atoms with Crippen molar-refractivity contribution < 1.29 is 0 Å². The first-order valence-corrected chi connectivity index (χ1v) is 11.2. The van der Waals surface area contributed by atoms with Crippen molar-refractivity contribution in [2.24, 2.45) is 0 Å². The van der Waals surface area contributed by atoms with Gasteiger partial charge in [0.25, 0.3) is 0 Å². The SMILES string of the molecule is CC(C)(C)c1cc(Cc2cc(C(C)(C)C)cc(C(C)(C)C)c2)cc(C(C)(C)C)c1.[AlH3]. The summed E-state index contributed by atoms with van der Waals surface area (Å²) in [6.45, 7) is 27.8. The average molecular weight is 423 g/mol. The first kappa shape index (κ1) is 27.0. The van der Waals surface area contributed by atoms with E-state index in [1.54, 1.807) is 0 Å². The summed E-state index contributed by atoms with van der Waals surface area (Å²) < 4.78 is 0. The van der Waals surface area contributed by atoms with Gasteiger partial charge in [0.15, 0.2) is 17.4 Å². The van der Waals surface area contributed by atoms with E-state index in [1.807, 2.05) is 0 Å². The number of hydrogen-bond donors (Lipinski definition) is 0. The first-order valence-electron chi connectivity index (χ1n) is 11.2. The zero-order valence-corrected chi connectivity index (χ0v) is 21.2. The molecule has 0 saturated carbocycles. The first-order chi connectivity index (χ1) is 12.9. The van der Waals surface area contributed by atoms with Crippen molar-refractivity contribution in [1.82, 2.24) is 0 Å². The lowest BCUT2D eigenvalue weighted by Gasteiger charge is -2.27. The standard InChI is InChI=1S/C29H44.Al.3H/c1-26(2,3)22-14-20(15-23(18-22)27(4,5)6)13-21-16-24(28(7,8)9)19-25(17-21)29(10,11)12;;;;/h14-19H,13H2,1-12H3;;;;. The Labute approximate surface area is 198 Å². The van der Waals surface area contributed by atoms with Crippen LogP contribution in [0.15, 0.2) is 36.4 Å². The summed E-state index contributed by atoms with van der Waals surface area (Å²) in [5.74, 6) is 0. The van der Waals surface area contributed by atoms with E-state index in [0.717, 1.165) is 6.42 Å². The number of rotatable bonds is 2. The van der Waals surface area contributed by atoms with Gasteiger partial charge in [-0.2, -0.15) is 0 Å². The van der Waals surface area contributed by atoms with Gasteiger partial charge >= 0.3 is 0 Å². The van der Waals surface area contributed by atoms with Crippen LogP contribution < -0.4 is 0 Å². The molecule has 0 unspecified atom stereocenters. The second-order valence-corrected chi connectivity index (χ2v) is 13.0. The maximum absolute atomic E-state index is 2.43. The monoisotopic (exact) mass is 422 g/mol. The lowest BCUT2D eigenvalue weighted by molar-refractivity contribution is 0.566. The molecule has 0 aliphatic heterocycles. The third-order valence-corrected chi connectivity index (χ3v) is 5.86. The highest BCUT2D eigenvalue weighted by atomic mass is 27.0. The van der Waals surface area contributed by atoms with Gasteiger partial charge in [0.05, 0.1) is 0 Å². The summed E-state index contributed by atoms with van der Waals surface area (Å²) in [4.78, 5) is 0. The molecule has 0 nitrogen and oxygen atoms in total. The van der Waals surface area contributed by atoms with Crippen molar-refractivity contribution >= 4 is 17.4 Å². The Morgan fingerprint density at radius 1 is 0.400 bits per heavy atom. The molecule has 2 aromatic rings. The molecule has 0 atom stereocenters. The number of hydrogen-bond acceptors (Lipinski definition) is 0. The molecule has 0 fully saturated rings. The fraction of sp³-hybridized carbons (Fsp3) is 0.586. The van der Waals surface area contributed by atoms with Crippen LogP contribution in [0.2, 0.25) is 0 Å². The Balaban J connectivity index is 0.00000450. The molecule has 0 saturated heterocycles. The van der Waals surface area contributed by atoms with Crippen LogP contribution in [-0.2, 0) is 28.1 Å². The predicted octanol–water partition coefficient (Wildman–Crippen LogP) is 7.28. The fourth-order valence-electron chi connectivity index (χ4n) is 3.56. The van der Waals surface area contributed by atoms with Crippen molar-refractivity contribution in [2.45, 2.75) is 111 Å². The van der Waals surface area contributed by atoms with Crippen LogP contribution in [0.3, 0.4) is 0 Å². The molecule has 0 aromatic heterocycles. The summed E-state index contributed by atoms with van der Waals surface area (Å²) >= 11 is 0. The average Bonchev–Trinajstić information content (AvgIpc) is 2.51. The minimum absolute atomic E-state index is 0. The van der Waals surface area contributed by atoms with Crippen LogP contribution >= 0.6 is 0 Å². The third-order valence-electron chi connectivity index (χ3n) is 5.86. The van der Waals surface area contributed by atoms with Gasteiger partial charge in [-0.25, -0.2) is 0 Å². The lowest BCUT2D eigenvalue weighted by atomic mass is 9.77. The molecule has 0 heterocycles. The quantitative estimate of drug-likeness (QED) is 0.446. The second-order valence-electron chi connectivity index (χ2n) is 13.0. The van der Waals surface area contributed by atoms with Gasteiger partial charge in [-0.05, 0) is 61.5 Å². The molecule has 2 aromatic carbocycles. The van der Waals surface area contributed by atoms with Crippen molar-refractivity contribution in [3.05, 3.63) is 69.8 Å². The van der Waals surface area contributed by atoms with Crippen LogP contribution in [0, 0.1) is 0 Å². The van der Waals surface area contributed by atoms with Gasteiger partial charge in [-0.3, -0.25) is 0 Å². The zero-order valence-electron chi connectivity index (χ0n) is 21.2. The highest BCUT2D eigenvalue weighted by molar-refractivity contribution is 5.75. The smallest absolute Gasteiger partial charge is 0.0561 e. The molecule has 166 valence electrons. The van der Waals surface area contributed by atoms with E-state index in [4.69, 9.17) is 0 Å². The minimum Gasteiger partial charge on any atom is -0.0561 e. The summed E-state index contributed by atoms with van der Waals surface area (Å²) in [7, 11) is 0. The van der Waals surface area contributed by atoms with Crippen molar-refractivity contribution in [3.8, 4) is 0 Å². The molecule has 0 amide bonds. The minimum atomic E-state index is 0. The Morgan fingerprint density at radius 2 is 0.600 bits per heavy atom. The zero-order chi connectivity index (χ0) is 22.4.